The summed E-state index contributed by atoms with van der Waals surface area (Å²) in [4.78, 5) is 12.1. The van der Waals surface area contributed by atoms with Crippen molar-refractivity contribution in [1.29, 1.82) is 0 Å². The molecule has 1 amide bonds. The number of carbonyl (C=O) groups is 1. The quantitative estimate of drug-likeness (QED) is 0.763. The molecule has 1 N–H and O–H groups in total. The molecular weight excluding hydrogens is 272 g/mol. The van der Waals surface area contributed by atoms with Crippen molar-refractivity contribution in [3.8, 4) is 0 Å². The minimum atomic E-state index is -0.00648. The van der Waals surface area contributed by atoms with Crippen molar-refractivity contribution in [2.24, 2.45) is 0 Å². The van der Waals surface area contributed by atoms with Gasteiger partial charge in [-0.15, -0.1) is 0 Å². The SMILES string of the molecule is Cc1ccc[n+](CC(=O)Nc2c(C)cccc2C)c1.[Cl-]. The average molecular weight is 291 g/mol. The van der Waals surface area contributed by atoms with Crippen LogP contribution in [0.3, 0.4) is 0 Å². The smallest absolute Gasteiger partial charge is 0.290 e. The van der Waals surface area contributed by atoms with E-state index in [0.717, 1.165) is 22.4 Å². The molecule has 0 fully saturated rings. The topological polar surface area (TPSA) is 33.0 Å². The Hall–Kier alpha value is -1.87. The van der Waals surface area contributed by atoms with Crippen LogP contribution in [0.5, 0.6) is 0 Å². The minimum absolute atomic E-state index is 0. The first kappa shape index (κ1) is 16.2. The number of rotatable bonds is 3. The van der Waals surface area contributed by atoms with Crippen LogP contribution in [-0.2, 0) is 11.3 Å². The maximum Gasteiger partial charge on any atom is 0.290 e. The molecule has 0 spiro atoms. The van der Waals surface area contributed by atoms with Gasteiger partial charge in [-0.05, 0) is 38.0 Å². The number of amides is 1. The Morgan fingerprint density at radius 2 is 1.75 bits per heavy atom. The highest BCUT2D eigenvalue weighted by Gasteiger charge is 2.11. The molecule has 0 aliphatic rings. The molecule has 1 aromatic carbocycles. The molecule has 0 radical (unpaired) electrons. The third-order valence-electron chi connectivity index (χ3n) is 3.08. The minimum Gasteiger partial charge on any atom is -1.00 e. The van der Waals surface area contributed by atoms with Crippen LogP contribution >= 0.6 is 0 Å². The zero-order valence-electron chi connectivity index (χ0n) is 12.0. The molecule has 1 heterocycles. The van der Waals surface area contributed by atoms with Crippen LogP contribution in [0.4, 0.5) is 5.69 Å². The predicted molar refractivity (Wildman–Crippen MR) is 75.9 cm³/mol. The van der Waals surface area contributed by atoms with E-state index in [1.807, 2.05) is 68.1 Å². The Kier molecular flexibility index (Phi) is 5.71. The van der Waals surface area contributed by atoms with Gasteiger partial charge in [0, 0.05) is 17.3 Å². The molecule has 2 rings (SSSR count). The molecule has 20 heavy (non-hydrogen) atoms. The fourth-order valence-electron chi connectivity index (χ4n) is 2.11. The first-order valence-corrected chi connectivity index (χ1v) is 6.38. The first-order valence-electron chi connectivity index (χ1n) is 6.38. The van der Waals surface area contributed by atoms with Gasteiger partial charge in [0.1, 0.15) is 0 Å². The Balaban J connectivity index is 0.00000200. The summed E-state index contributed by atoms with van der Waals surface area (Å²) in [5.41, 5.74) is 4.23. The van der Waals surface area contributed by atoms with E-state index in [9.17, 15) is 4.79 Å². The lowest BCUT2D eigenvalue weighted by atomic mass is 10.1. The number of hydrogen-bond acceptors (Lipinski definition) is 1. The molecule has 2 aromatic rings. The third-order valence-corrected chi connectivity index (χ3v) is 3.08. The molecule has 0 saturated carbocycles. The van der Waals surface area contributed by atoms with Crippen LogP contribution in [0.15, 0.2) is 42.7 Å². The summed E-state index contributed by atoms with van der Waals surface area (Å²) < 4.78 is 1.89. The van der Waals surface area contributed by atoms with Crippen LogP contribution in [0, 0.1) is 20.8 Å². The number of halogens is 1. The fourth-order valence-corrected chi connectivity index (χ4v) is 2.11. The van der Waals surface area contributed by atoms with Gasteiger partial charge in [0.25, 0.3) is 5.91 Å². The summed E-state index contributed by atoms with van der Waals surface area (Å²) in [5.74, 6) is -0.00648. The first-order chi connectivity index (χ1) is 9.06. The van der Waals surface area contributed by atoms with Gasteiger partial charge < -0.3 is 17.7 Å². The number of pyridine rings is 1. The molecule has 0 atom stereocenters. The highest BCUT2D eigenvalue weighted by molar-refractivity contribution is 5.91. The summed E-state index contributed by atoms with van der Waals surface area (Å²) in [6.45, 7) is 6.35. The van der Waals surface area contributed by atoms with Gasteiger partial charge in [0.05, 0.1) is 0 Å². The summed E-state index contributed by atoms with van der Waals surface area (Å²) in [5, 5.41) is 2.99. The Morgan fingerprint density at radius 3 is 2.35 bits per heavy atom. The van der Waals surface area contributed by atoms with Crippen molar-refractivity contribution in [3.05, 3.63) is 59.4 Å². The van der Waals surface area contributed by atoms with E-state index >= 15 is 0 Å². The van der Waals surface area contributed by atoms with E-state index in [2.05, 4.69) is 5.32 Å². The third kappa shape index (κ3) is 4.07. The molecule has 4 heteroatoms. The summed E-state index contributed by atoms with van der Waals surface area (Å²) in [6.07, 6.45) is 3.86. The van der Waals surface area contributed by atoms with Crippen molar-refractivity contribution in [2.75, 3.05) is 5.32 Å². The number of aryl methyl sites for hydroxylation is 3. The van der Waals surface area contributed by atoms with Crippen LogP contribution in [-0.4, -0.2) is 5.91 Å². The fraction of sp³-hybridized carbons (Fsp3) is 0.250. The Bertz CT molecular complexity index is 591. The van der Waals surface area contributed by atoms with E-state index in [1.165, 1.54) is 0 Å². The summed E-state index contributed by atoms with van der Waals surface area (Å²) >= 11 is 0. The van der Waals surface area contributed by atoms with Crippen molar-refractivity contribution < 1.29 is 21.8 Å². The van der Waals surface area contributed by atoms with Crippen molar-refractivity contribution in [3.63, 3.8) is 0 Å². The lowest BCUT2D eigenvalue weighted by Crippen LogP contribution is -3.00. The standard InChI is InChI=1S/C16H18N2O.ClH/c1-12-6-5-9-18(10-12)11-15(19)17-16-13(2)7-4-8-14(16)3;/h4-10H,11H2,1-3H3;1H. The lowest BCUT2D eigenvalue weighted by molar-refractivity contribution is -0.684. The van der Waals surface area contributed by atoms with Crippen LogP contribution in [0.25, 0.3) is 0 Å². The maximum atomic E-state index is 12.1. The second-order valence-corrected chi connectivity index (χ2v) is 4.87. The van der Waals surface area contributed by atoms with Gasteiger partial charge >= 0.3 is 0 Å². The molecule has 0 unspecified atom stereocenters. The molecule has 0 saturated heterocycles. The Labute approximate surface area is 126 Å². The zero-order valence-corrected chi connectivity index (χ0v) is 12.7. The van der Waals surface area contributed by atoms with Gasteiger partial charge in [0.2, 0.25) is 6.54 Å². The van der Waals surface area contributed by atoms with Gasteiger partial charge in [0.15, 0.2) is 12.4 Å². The van der Waals surface area contributed by atoms with Crippen molar-refractivity contribution in [2.45, 2.75) is 27.3 Å². The van der Waals surface area contributed by atoms with E-state index < -0.39 is 0 Å². The highest BCUT2D eigenvalue weighted by atomic mass is 35.5. The second-order valence-electron chi connectivity index (χ2n) is 4.87. The molecular formula is C16H19ClN2O. The summed E-state index contributed by atoms with van der Waals surface area (Å²) in [7, 11) is 0. The number of hydrogen-bond donors (Lipinski definition) is 1. The number of carbonyl (C=O) groups excluding carboxylic acids is 1. The largest absolute Gasteiger partial charge is 1.00 e. The molecule has 3 nitrogen and oxygen atoms in total. The number of nitrogens with one attached hydrogen (secondary N) is 1. The van der Waals surface area contributed by atoms with Crippen LogP contribution < -0.4 is 22.3 Å². The highest BCUT2D eigenvalue weighted by Crippen LogP contribution is 2.19. The van der Waals surface area contributed by atoms with E-state index in [-0.39, 0.29) is 18.3 Å². The van der Waals surface area contributed by atoms with Crippen LogP contribution in [0.2, 0.25) is 0 Å². The molecule has 0 aliphatic heterocycles. The van der Waals surface area contributed by atoms with Crippen LogP contribution in [0.1, 0.15) is 16.7 Å². The van der Waals surface area contributed by atoms with Crippen molar-refractivity contribution >= 4 is 11.6 Å². The molecule has 106 valence electrons. The summed E-state index contributed by atoms with van der Waals surface area (Å²) in [6, 6.07) is 9.96. The molecule has 1 aromatic heterocycles. The van der Waals surface area contributed by atoms with Crippen molar-refractivity contribution in [1.82, 2.24) is 0 Å². The second kappa shape index (κ2) is 7.06. The number of nitrogens with zero attached hydrogens (tertiary/aromatic N) is 1. The molecule has 0 bridgehead atoms. The zero-order chi connectivity index (χ0) is 13.8. The number of para-hydroxylation sites is 1. The monoisotopic (exact) mass is 290 g/mol. The number of anilines is 1. The normalized spacial score (nSPS) is 9.75. The Morgan fingerprint density at radius 1 is 1.10 bits per heavy atom. The van der Waals surface area contributed by atoms with Gasteiger partial charge in [-0.1, -0.05) is 18.2 Å². The van der Waals surface area contributed by atoms with Gasteiger partial charge in [-0.2, -0.15) is 4.57 Å². The molecule has 0 aliphatic carbocycles. The predicted octanol–water partition coefficient (Wildman–Crippen LogP) is -0.458. The van der Waals surface area contributed by atoms with Gasteiger partial charge in [-0.25, -0.2) is 0 Å². The maximum absolute atomic E-state index is 12.1. The lowest BCUT2D eigenvalue weighted by Gasteiger charge is -2.10. The van der Waals surface area contributed by atoms with E-state index in [4.69, 9.17) is 0 Å². The van der Waals surface area contributed by atoms with Gasteiger partial charge in [-0.3, -0.25) is 4.79 Å². The number of benzene rings is 1. The number of aromatic nitrogens is 1. The average Bonchev–Trinajstić information content (AvgIpc) is 2.34. The van der Waals surface area contributed by atoms with E-state index in [0.29, 0.717) is 6.54 Å². The van der Waals surface area contributed by atoms with E-state index in [1.54, 1.807) is 0 Å².